The fourth-order valence-corrected chi connectivity index (χ4v) is 3.61. The Labute approximate surface area is 178 Å². The summed E-state index contributed by atoms with van der Waals surface area (Å²) in [5, 5.41) is 0. The summed E-state index contributed by atoms with van der Waals surface area (Å²) in [7, 11) is 0. The lowest BCUT2D eigenvalue weighted by molar-refractivity contribution is 0.284. The lowest BCUT2D eigenvalue weighted by Crippen LogP contribution is -2.09. The van der Waals surface area contributed by atoms with Crippen molar-refractivity contribution in [1.29, 1.82) is 0 Å². The second kappa shape index (κ2) is 9.49. The maximum absolute atomic E-state index is 6.03. The fraction of sp³-hybridized carbons (Fsp3) is 0.269. The summed E-state index contributed by atoms with van der Waals surface area (Å²) < 4.78 is 14.3. The van der Waals surface area contributed by atoms with Crippen LogP contribution in [0.4, 0.5) is 0 Å². The molecule has 0 aliphatic heterocycles. The number of nitrogens with zero attached hydrogens (tertiary/aromatic N) is 2. The van der Waals surface area contributed by atoms with Crippen LogP contribution >= 0.6 is 0 Å². The molecule has 0 aliphatic carbocycles. The molecule has 0 bridgehead atoms. The van der Waals surface area contributed by atoms with Gasteiger partial charge in [-0.3, -0.25) is 0 Å². The van der Waals surface area contributed by atoms with Gasteiger partial charge in [0.1, 0.15) is 23.9 Å². The zero-order chi connectivity index (χ0) is 20.8. The second-order valence-electron chi connectivity index (χ2n) is 7.59. The first-order valence-corrected chi connectivity index (χ1v) is 10.5. The van der Waals surface area contributed by atoms with Crippen molar-refractivity contribution in [3.05, 3.63) is 89.7 Å². The highest BCUT2D eigenvalue weighted by Crippen LogP contribution is 2.20. The van der Waals surface area contributed by atoms with Crippen LogP contribution in [0.2, 0.25) is 0 Å². The van der Waals surface area contributed by atoms with Gasteiger partial charge < -0.3 is 14.0 Å². The van der Waals surface area contributed by atoms with Gasteiger partial charge in [-0.1, -0.05) is 42.5 Å². The molecule has 0 unspecified atom stereocenters. The molecule has 4 heteroatoms. The lowest BCUT2D eigenvalue weighted by Gasteiger charge is -2.12. The van der Waals surface area contributed by atoms with Crippen LogP contribution in [0.3, 0.4) is 0 Å². The van der Waals surface area contributed by atoms with E-state index >= 15 is 0 Å². The van der Waals surface area contributed by atoms with Gasteiger partial charge in [0.15, 0.2) is 0 Å². The maximum Gasteiger partial charge on any atom is 0.147 e. The van der Waals surface area contributed by atoms with Crippen molar-refractivity contribution in [2.45, 2.75) is 39.8 Å². The molecule has 3 aromatic carbocycles. The second-order valence-corrected chi connectivity index (χ2v) is 7.59. The van der Waals surface area contributed by atoms with Crippen molar-refractivity contribution in [2.75, 3.05) is 6.61 Å². The number of unbranched alkanes of at least 4 members (excludes halogenated alkanes) is 1. The van der Waals surface area contributed by atoms with Crippen molar-refractivity contribution in [2.24, 2.45) is 0 Å². The van der Waals surface area contributed by atoms with Gasteiger partial charge in [0.25, 0.3) is 0 Å². The Morgan fingerprint density at radius 1 is 0.833 bits per heavy atom. The van der Waals surface area contributed by atoms with Crippen molar-refractivity contribution < 1.29 is 9.47 Å². The minimum atomic E-state index is 0.456. The van der Waals surface area contributed by atoms with Gasteiger partial charge >= 0.3 is 0 Å². The van der Waals surface area contributed by atoms with Gasteiger partial charge in [0, 0.05) is 6.54 Å². The molecule has 30 heavy (non-hydrogen) atoms. The molecule has 4 nitrogen and oxygen atoms in total. The van der Waals surface area contributed by atoms with Gasteiger partial charge in [-0.05, 0) is 68.1 Å². The normalized spacial score (nSPS) is 11.0. The van der Waals surface area contributed by atoms with E-state index in [9.17, 15) is 0 Å². The van der Waals surface area contributed by atoms with Crippen LogP contribution in [0.5, 0.6) is 11.5 Å². The zero-order valence-corrected chi connectivity index (χ0v) is 17.7. The molecule has 4 aromatic rings. The van der Waals surface area contributed by atoms with Crippen LogP contribution in [-0.2, 0) is 13.2 Å². The van der Waals surface area contributed by atoms with Gasteiger partial charge in [-0.25, -0.2) is 4.98 Å². The Kier molecular flexibility index (Phi) is 6.33. The highest BCUT2D eigenvalue weighted by atomic mass is 16.5. The van der Waals surface area contributed by atoms with Crippen LogP contribution in [0.25, 0.3) is 11.0 Å². The molecular formula is C26H28N2O2. The third-order valence-electron chi connectivity index (χ3n) is 5.22. The number of hydrogen-bond acceptors (Lipinski definition) is 3. The monoisotopic (exact) mass is 400 g/mol. The lowest BCUT2D eigenvalue weighted by atomic mass is 10.2. The number of hydrogen-bond donors (Lipinski definition) is 0. The fourth-order valence-electron chi connectivity index (χ4n) is 3.61. The van der Waals surface area contributed by atoms with E-state index in [2.05, 4.69) is 54.8 Å². The van der Waals surface area contributed by atoms with Crippen LogP contribution in [-0.4, -0.2) is 16.2 Å². The molecule has 4 rings (SSSR count). The molecular weight excluding hydrogens is 372 g/mol. The average Bonchev–Trinajstić information content (AvgIpc) is 3.11. The number of ether oxygens (including phenoxy) is 2. The molecule has 0 saturated heterocycles. The first kappa shape index (κ1) is 20.0. The van der Waals surface area contributed by atoms with Crippen molar-refractivity contribution in [3.8, 4) is 11.5 Å². The average molecular weight is 401 g/mol. The molecule has 1 heterocycles. The van der Waals surface area contributed by atoms with Crippen LogP contribution in [0, 0.1) is 13.8 Å². The number of imidazole rings is 1. The summed E-state index contributed by atoms with van der Waals surface area (Å²) in [5.74, 6) is 2.80. The summed E-state index contributed by atoms with van der Waals surface area (Å²) in [5.41, 5.74) is 4.53. The van der Waals surface area contributed by atoms with E-state index in [1.165, 1.54) is 11.1 Å². The first-order valence-electron chi connectivity index (χ1n) is 10.5. The van der Waals surface area contributed by atoms with E-state index in [-0.39, 0.29) is 0 Å². The Bertz CT molecular complexity index is 1120. The van der Waals surface area contributed by atoms with E-state index in [4.69, 9.17) is 14.5 Å². The maximum atomic E-state index is 6.03. The van der Waals surface area contributed by atoms with Crippen molar-refractivity contribution in [1.82, 2.24) is 9.55 Å². The molecule has 0 amide bonds. The molecule has 0 atom stereocenters. The van der Waals surface area contributed by atoms with E-state index < -0.39 is 0 Å². The molecule has 0 fully saturated rings. The van der Waals surface area contributed by atoms with E-state index in [1.807, 2.05) is 36.4 Å². The molecule has 0 spiro atoms. The number of aryl methyl sites for hydroxylation is 3. The number of para-hydroxylation sites is 3. The summed E-state index contributed by atoms with van der Waals surface area (Å²) in [6, 6.07) is 24.6. The highest BCUT2D eigenvalue weighted by molar-refractivity contribution is 5.75. The van der Waals surface area contributed by atoms with Gasteiger partial charge in [0.05, 0.1) is 17.6 Å². The van der Waals surface area contributed by atoms with Gasteiger partial charge in [0.2, 0.25) is 0 Å². The predicted octanol–water partition coefficient (Wildman–Crippen LogP) is 6.09. The van der Waals surface area contributed by atoms with Gasteiger partial charge in [-0.2, -0.15) is 0 Å². The number of rotatable bonds is 9. The Balaban J connectivity index is 1.39. The largest absolute Gasteiger partial charge is 0.493 e. The molecule has 1 aromatic heterocycles. The summed E-state index contributed by atoms with van der Waals surface area (Å²) in [6.07, 6.45) is 2.00. The van der Waals surface area contributed by atoms with Crippen molar-refractivity contribution >= 4 is 11.0 Å². The minimum Gasteiger partial charge on any atom is -0.493 e. The Morgan fingerprint density at radius 3 is 2.53 bits per heavy atom. The number of benzene rings is 3. The molecule has 0 N–H and O–H groups in total. The molecule has 0 aliphatic rings. The van der Waals surface area contributed by atoms with Crippen LogP contribution in [0.1, 0.15) is 29.8 Å². The van der Waals surface area contributed by atoms with E-state index in [1.54, 1.807) is 0 Å². The summed E-state index contributed by atoms with van der Waals surface area (Å²) in [4.78, 5) is 4.81. The highest BCUT2D eigenvalue weighted by Gasteiger charge is 2.11. The summed E-state index contributed by atoms with van der Waals surface area (Å²) >= 11 is 0. The smallest absolute Gasteiger partial charge is 0.147 e. The topological polar surface area (TPSA) is 36.3 Å². The number of aromatic nitrogens is 2. The van der Waals surface area contributed by atoms with Gasteiger partial charge in [-0.15, -0.1) is 0 Å². The first-order chi connectivity index (χ1) is 14.7. The Hall–Kier alpha value is -3.27. The number of fused-ring (bicyclic) bond motifs is 1. The summed E-state index contributed by atoms with van der Waals surface area (Å²) in [6.45, 7) is 6.21. The molecule has 0 radical (unpaired) electrons. The van der Waals surface area contributed by atoms with E-state index in [0.29, 0.717) is 13.2 Å². The standard InChI is InChI=1S/C26H28N2O2/c1-20-10-9-12-22(18-20)30-19-26-27-23-13-4-5-14-24(23)28(26)16-7-8-17-29-25-15-6-3-11-21(25)2/h3-6,9-15,18H,7-8,16-17,19H2,1-2H3. The van der Waals surface area contributed by atoms with Crippen molar-refractivity contribution in [3.63, 3.8) is 0 Å². The van der Waals surface area contributed by atoms with E-state index in [0.717, 1.165) is 47.7 Å². The minimum absolute atomic E-state index is 0.456. The Morgan fingerprint density at radius 2 is 1.67 bits per heavy atom. The molecule has 0 saturated carbocycles. The molecule has 154 valence electrons. The predicted molar refractivity (Wildman–Crippen MR) is 121 cm³/mol. The van der Waals surface area contributed by atoms with Crippen LogP contribution in [0.15, 0.2) is 72.8 Å². The third kappa shape index (κ3) is 4.82. The zero-order valence-electron chi connectivity index (χ0n) is 17.7. The quantitative estimate of drug-likeness (QED) is 0.319. The van der Waals surface area contributed by atoms with Crippen LogP contribution < -0.4 is 9.47 Å². The third-order valence-corrected chi connectivity index (χ3v) is 5.22. The SMILES string of the molecule is Cc1cccc(OCc2nc3ccccc3n2CCCCOc2ccccc2C)c1.